The Kier molecular flexibility index (Phi) is 3.96. The zero-order valence-electron chi connectivity index (χ0n) is 13.3. The highest BCUT2D eigenvalue weighted by atomic mass is 35.5. The molecule has 1 heterocycles. The second-order valence-corrected chi connectivity index (χ2v) is 7.86. The average Bonchev–Trinajstić information content (AvgIpc) is 2.47. The summed E-state index contributed by atoms with van der Waals surface area (Å²) in [5, 5.41) is 0.0748. The van der Waals surface area contributed by atoms with Crippen LogP contribution in [0, 0.1) is 11.2 Å². The van der Waals surface area contributed by atoms with Crippen LogP contribution in [0.25, 0.3) is 0 Å². The Bertz CT molecular complexity index is 585. The van der Waals surface area contributed by atoms with Gasteiger partial charge in [-0.1, -0.05) is 43.0 Å². The normalized spacial score (nSPS) is 20.8. The van der Waals surface area contributed by atoms with Gasteiger partial charge in [0.15, 0.2) is 0 Å². The fourth-order valence-corrected chi connectivity index (χ4v) is 4.20. The molecule has 1 aromatic carbocycles. The monoisotopic (exact) mass is 323 g/mol. The Morgan fingerprint density at radius 1 is 1.23 bits per heavy atom. The number of hydrogen-bond acceptors (Lipinski definition) is 1. The minimum absolute atomic E-state index is 0.00450. The summed E-state index contributed by atoms with van der Waals surface area (Å²) >= 11 is 5.87. The van der Waals surface area contributed by atoms with Gasteiger partial charge in [0.2, 0.25) is 5.91 Å². The Labute approximate surface area is 136 Å². The molecule has 120 valence electrons. The molecule has 0 unspecified atom stereocenters. The maximum Gasteiger partial charge on any atom is 0.232 e. The van der Waals surface area contributed by atoms with E-state index in [1.165, 1.54) is 38.2 Å². The fraction of sp³-hybridized carbons (Fsp3) is 0.611. The summed E-state index contributed by atoms with van der Waals surface area (Å²) in [6.45, 7) is 5.24. The van der Waals surface area contributed by atoms with Gasteiger partial charge in [-0.2, -0.15) is 0 Å². The first-order valence-corrected chi connectivity index (χ1v) is 8.47. The van der Waals surface area contributed by atoms with Crippen LogP contribution in [0.2, 0.25) is 5.02 Å². The zero-order valence-corrected chi connectivity index (χ0v) is 14.0. The van der Waals surface area contributed by atoms with E-state index in [1.807, 2.05) is 4.90 Å². The van der Waals surface area contributed by atoms with Gasteiger partial charge in [-0.15, -0.1) is 0 Å². The number of benzene rings is 1. The molecule has 1 saturated heterocycles. The molecule has 1 amide bonds. The van der Waals surface area contributed by atoms with E-state index in [0.717, 1.165) is 13.1 Å². The van der Waals surface area contributed by atoms with Gasteiger partial charge >= 0.3 is 0 Å². The summed E-state index contributed by atoms with van der Waals surface area (Å²) < 4.78 is 14.3. The molecule has 3 rings (SSSR count). The molecular weight excluding hydrogens is 301 g/mol. The van der Waals surface area contributed by atoms with Crippen molar-refractivity contribution in [3.8, 4) is 0 Å². The highest BCUT2D eigenvalue weighted by Gasteiger charge is 2.48. The molecule has 2 aliphatic rings. The Balaban J connectivity index is 1.76. The maximum atomic E-state index is 14.3. The van der Waals surface area contributed by atoms with Crippen molar-refractivity contribution in [3.05, 3.63) is 34.6 Å². The molecule has 1 saturated carbocycles. The van der Waals surface area contributed by atoms with Gasteiger partial charge in [0.1, 0.15) is 5.82 Å². The molecule has 1 spiro atoms. The number of halogens is 2. The summed E-state index contributed by atoms with van der Waals surface area (Å²) in [5.74, 6) is -0.472. The molecule has 2 fully saturated rings. The zero-order chi connectivity index (χ0) is 16.0. The van der Waals surface area contributed by atoms with Crippen molar-refractivity contribution >= 4 is 17.5 Å². The van der Waals surface area contributed by atoms with Gasteiger partial charge in [-0.25, -0.2) is 4.39 Å². The van der Waals surface area contributed by atoms with Gasteiger partial charge in [0, 0.05) is 24.1 Å². The number of likely N-dealkylation sites (tertiary alicyclic amines) is 1. The minimum atomic E-state index is -0.884. The molecule has 0 aromatic heterocycles. The van der Waals surface area contributed by atoms with Crippen LogP contribution in [-0.4, -0.2) is 23.9 Å². The van der Waals surface area contributed by atoms with E-state index in [4.69, 9.17) is 11.6 Å². The van der Waals surface area contributed by atoms with Crippen molar-refractivity contribution in [2.45, 2.75) is 51.4 Å². The number of rotatable bonds is 2. The Morgan fingerprint density at radius 3 is 2.50 bits per heavy atom. The van der Waals surface area contributed by atoms with Gasteiger partial charge in [0.05, 0.1) is 10.4 Å². The second-order valence-electron chi connectivity index (χ2n) is 7.45. The smallest absolute Gasteiger partial charge is 0.232 e. The van der Waals surface area contributed by atoms with Crippen LogP contribution in [0.3, 0.4) is 0 Å². The highest BCUT2D eigenvalue weighted by molar-refractivity contribution is 6.30. The molecule has 0 radical (unpaired) electrons. The number of carbonyl (C=O) groups is 1. The van der Waals surface area contributed by atoms with Gasteiger partial charge < -0.3 is 4.90 Å². The fourth-order valence-electron chi connectivity index (χ4n) is 4.02. The van der Waals surface area contributed by atoms with E-state index in [0.29, 0.717) is 11.0 Å². The first-order valence-electron chi connectivity index (χ1n) is 8.10. The van der Waals surface area contributed by atoms with Crippen molar-refractivity contribution in [2.75, 3.05) is 13.1 Å². The Morgan fingerprint density at radius 2 is 1.86 bits per heavy atom. The SMILES string of the molecule is CC(C)(C(=O)N1CC2(CCCCC2)C1)c1cccc(Cl)c1F. The van der Waals surface area contributed by atoms with Crippen LogP contribution in [-0.2, 0) is 10.2 Å². The third kappa shape index (κ3) is 2.54. The van der Waals surface area contributed by atoms with Crippen LogP contribution in [0.1, 0.15) is 51.5 Å². The third-order valence-corrected chi connectivity index (χ3v) is 5.71. The average molecular weight is 324 g/mol. The molecule has 0 atom stereocenters. The molecule has 1 aliphatic carbocycles. The van der Waals surface area contributed by atoms with Crippen LogP contribution in [0.5, 0.6) is 0 Å². The lowest BCUT2D eigenvalue weighted by molar-refractivity contribution is -0.151. The summed E-state index contributed by atoms with van der Waals surface area (Å²) in [5.41, 5.74) is -0.156. The molecule has 22 heavy (non-hydrogen) atoms. The van der Waals surface area contributed by atoms with Crippen molar-refractivity contribution in [1.82, 2.24) is 4.90 Å². The van der Waals surface area contributed by atoms with E-state index in [-0.39, 0.29) is 10.9 Å². The van der Waals surface area contributed by atoms with E-state index in [2.05, 4.69) is 0 Å². The van der Waals surface area contributed by atoms with Crippen molar-refractivity contribution in [1.29, 1.82) is 0 Å². The van der Waals surface area contributed by atoms with Crippen LogP contribution in [0.15, 0.2) is 18.2 Å². The van der Waals surface area contributed by atoms with E-state index in [9.17, 15) is 9.18 Å². The molecule has 0 bridgehead atoms. The number of hydrogen-bond donors (Lipinski definition) is 0. The summed E-state index contributed by atoms with van der Waals surface area (Å²) in [4.78, 5) is 14.7. The molecule has 1 aliphatic heterocycles. The van der Waals surface area contributed by atoms with E-state index < -0.39 is 11.2 Å². The van der Waals surface area contributed by atoms with Gasteiger partial charge in [-0.05, 0) is 32.8 Å². The first-order chi connectivity index (χ1) is 10.4. The predicted molar refractivity (Wildman–Crippen MR) is 86.5 cm³/mol. The molecule has 0 N–H and O–H groups in total. The van der Waals surface area contributed by atoms with Crippen molar-refractivity contribution < 1.29 is 9.18 Å². The highest BCUT2D eigenvalue weighted by Crippen LogP contribution is 2.45. The van der Waals surface area contributed by atoms with Crippen LogP contribution in [0.4, 0.5) is 4.39 Å². The standard InChI is InChI=1S/C18H23ClFNO/c1-17(2,13-7-6-8-14(19)15(13)20)16(22)21-11-18(12-21)9-4-3-5-10-18/h6-8H,3-5,9-12H2,1-2H3. The molecule has 1 aromatic rings. The predicted octanol–water partition coefficient (Wildman–Crippen LogP) is 4.55. The third-order valence-electron chi connectivity index (χ3n) is 5.41. The van der Waals surface area contributed by atoms with Gasteiger partial charge in [-0.3, -0.25) is 4.79 Å². The van der Waals surface area contributed by atoms with Crippen LogP contribution >= 0.6 is 11.6 Å². The Hall–Kier alpha value is -1.09. The number of nitrogens with zero attached hydrogens (tertiary/aromatic N) is 1. The topological polar surface area (TPSA) is 20.3 Å². The largest absolute Gasteiger partial charge is 0.341 e. The minimum Gasteiger partial charge on any atom is -0.341 e. The summed E-state index contributed by atoms with van der Waals surface area (Å²) in [6.07, 6.45) is 6.31. The maximum absolute atomic E-state index is 14.3. The number of amides is 1. The van der Waals surface area contributed by atoms with E-state index >= 15 is 0 Å². The first kappa shape index (κ1) is 15.8. The molecular formula is C18H23ClFNO. The summed E-state index contributed by atoms with van der Waals surface area (Å²) in [7, 11) is 0. The van der Waals surface area contributed by atoms with Gasteiger partial charge in [0.25, 0.3) is 0 Å². The second kappa shape index (κ2) is 5.52. The lowest BCUT2D eigenvalue weighted by Crippen LogP contribution is -2.62. The van der Waals surface area contributed by atoms with Crippen LogP contribution < -0.4 is 0 Å². The molecule has 4 heteroatoms. The lowest BCUT2D eigenvalue weighted by atomic mass is 9.67. The lowest BCUT2D eigenvalue weighted by Gasteiger charge is -2.54. The number of carbonyl (C=O) groups excluding carboxylic acids is 1. The van der Waals surface area contributed by atoms with Crippen molar-refractivity contribution in [2.24, 2.45) is 5.41 Å². The van der Waals surface area contributed by atoms with Crippen molar-refractivity contribution in [3.63, 3.8) is 0 Å². The van der Waals surface area contributed by atoms with E-state index in [1.54, 1.807) is 26.0 Å². The molecule has 2 nitrogen and oxygen atoms in total. The quantitative estimate of drug-likeness (QED) is 0.782. The summed E-state index contributed by atoms with van der Waals surface area (Å²) in [6, 6.07) is 4.88.